The van der Waals surface area contributed by atoms with Crippen LogP contribution < -0.4 is 15.4 Å². The van der Waals surface area contributed by atoms with Gasteiger partial charge < -0.3 is 15.4 Å². The molecule has 0 bridgehead atoms. The van der Waals surface area contributed by atoms with Crippen molar-refractivity contribution in [1.29, 1.82) is 0 Å². The van der Waals surface area contributed by atoms with Gasteiger partial charge in [0.25, 0.3) is 5.91 Å². The summed E-state index contributed by atoms with van der Waals surface area (Å²) >= 11 is 0. The minimum absolute atomic E-state index is 0.197. The van der Waals surface area contributed by atoms with Gasteiger partial charge in [-0.2, -0.15) is 0 Å². The summed E-state index contributed by atoms with van der Waals surface area (Å²) in [7, 11) is 1.60. The van der Waals surface area contributed by atoms with Crippen LogP contribution in [-0.4, -0.2) is 25.5 Å². The van der Waals surface area contributed by atoms with E-state index >= 15 is 0 Å². The highest BCUT2D eigenvalue weighted by Gasteiger charge is 2.11. The lowest BCUT2D eigenvalue weighted by Gasteiger charge is -2.10. The van der Waals surface area contributed by atoms with Gasteiger partial charge in [-0.1, -0.05) is 31.2 Å². The van der Waals surface area contributed by atoms with E-state index in [1.165, 1.54) is 6.08 Å². The van der Waals surface area contributed by atoms with Gasteiger partial charge in [0.05, 0.1) is 18.4 Å². The molecule has 2 aromatic carbocycles. The normalized spacial score (nSPS) is 10.5. The number of ether oxygens (including phenoxy) is 1. The number of carbonyl (C=O) groups excluding carboxylic acids is 2. The van der Waals surface area contributed by atoms with Crippen molar-refractivity contribution in [2.45, 2.75) is 13.3 Å². The van der Waals surface area contributed by atoms with Gasteiger partial charge in [-0.3, -0.25) is 9.59 Å². The van der Waals surface area contributed by atoms with Crippen LogP contribution in [0.4, 0.5) is 5.69 Å². The molecule has 0 unspecified atom stereocenters. The largest absolute Gasteiger partial charge is 0.497 e. The van der Waals surface area contributed by atoms with Crippen molar-refractivity contribution in [3.63, 3.8) is 0 Å². The van der Waals surface area contributed by atoms with Crippen LogP contribution in [0.5, 0.6) is 5.75 Å². The van der Waals surface area contributed by atoms with Gasteiger partial charge in [-0.25, -0.2) is 0 Å². The number of para-hydroxylation sites is 1. The third-order valence-electron chi connectivity index (χ3n) is 3.51. The Morgan fingerprint density at radius 1 is 1.08 bits per heavy atom. The molecule has 0 aliphatic carbocycles. The van der Waals surface area contributed by atoms with Crippen LogP contribution in [0.3, 0.4) is 0 Å². The molecule has 2 amide bonds. The highest BCUT2D eigenvalue weighted by molar-refractivity contribution is 6.07. The molecule has 2 N–H and O–H groups in total. The fraction of sp³-hybridized carbons (Fsp3) is 0.200. The third kappa shape index (κ3) is 5.49. The molecule has 0 saturated carbocycles. The topological polar surface area (TPSA) is 67.4 Å². The monoisotopic (exact) mass is 338 g/mol. The first-order valence-electron chi connectivity index (χ1n) is 8.14. The number of benzene rings is 2. The molecule has 0 heterocycles. The highest BCUT2D eigenvalue weighted by atomic mass is 16.5. The van der Waals surface area contributed by atoms with Crippen LogP contribution in [0, 0.1) is 0 Å². The summed E-state index contributed by atoms with van der Waals surface area (Å²) in [5, 5.41) is 5.56. The Bertz CT molecular complexity index is 752. The molecule has 0 spiro atoms. The molecular weight excluding hydrogens is 316 g/mol. The molecule has 0 aliphatic heterocycles. The molecule has 0 atom stereocenters. The zero-order valence-electron chi connectivity index (χ0n) is 14.4. The lowest BCUT2D eigenvalue weighted by atomic mass is 10.1. The van der Waals surface area contributed by atoms with Crippen LogP contribution >= 0.6 is 0 Å². The number of rotatable bonds is 7. The smallest absolute Gasteiger partial charge is 0.253 e. The Hall–Kier alpha value is -3.08. The molecule has 5 nitrogen and oxygen atoms in total. The van der Waals surface area contributed by atoms with Crippen molar-refractivity contribution < 1.29 is 14.3 Å². The molecule has 130 valence electrons. The van der Waals surface area contributed by atoms with Crippen molar-refractivity contribution in [3.05, 3.63) is 65.7 Å². The van der Waals surface area contributed by atoms with Gasteiger partial charge in [0.15, 0.2) is 0 Å². The molecule has 0 aromatic heterocycles. The first kappa shape index (κ1) is 18.3. The summed E-state index contributed by atoms with van der Waals surface area (Å²) in [4.78, 5) is 24.3. The average molecular weight is 338 g/mol. The first-order chi connectivity index (χ1) is 12.1. The molecule has 5 heteroatoms. The third-order valence-corrected chi connectivity index (χ3v) is 3.51. The van der Waals surface area contributed by atoms with Crippen molar-refractivity contribution in [1.82, 2.24) is 5.32 Å². The van der Waals surface area contributed by atoms with E-state index in [0.717, 1.165) is 17.7 Å². The number of hydrogen-bond donors (Lipinski definition) is 2. The summed E-state index contributed by atoms with van der Waals surface area (Å²) in [5.41, 5.74) is 1.81. The van der Waals surface area contributed by atoms with Crippen LogP contribution in [0.15, 0.2) is 54.6 Å². The zero-order valence-corrected chi connectivity index (χ0v) is 14.4. The standard InChI is InChI=1S/C20H22N2O3/c1-3-14-21-20(24)17-6-4-5-7-18(17)22-19(23)13-10-15-8-11-16(25-2)12-9-15/h4-13H,3,14H2,1-2H3,(H,21,24)(H,22,23). The summed E-state index contributed by atoms with van der Waals surface area (Å²) in [6.45, 7) is 2.58. The van der Waals surface area contributed by atoms with Gasteiger partial charge >= 0.3 is 0 Å². The average Bonchev–Trinajstić information content (AvgIpc) is 2.65. The van der Waals surface area contributed by atoms with E-state index in [2.05, 4.69) is 10.6 Å². The lowest BCUT2D eigenvalue weighted by molar-refractivity contribution is -0.111. The minimum Gasteiger partial charge on any atom is -0.497 e. The molecule has 0 saturated heterocycles. The Morgan fingerprint density at radius 3 is 2.48 bits per heavy atom. The van der Waals surface area contributed by atoms with Crippen molar-refractivity contribution in [2.24, 2.45) is 0 Å². The van der Waals surface area contributed by atoms with Gasteiger partial charge in [0.1, 0.15) is 5.75 Å². The number of amides is 2. The van der Waals surface area contributed by atoms with Gasteiger partial charge in [-0.15, -0.1) is 0 Å². The second-order valence-corrected chi connectivity index (χ2v) is 5.40. The number of methoxy groups -OCH3 is 1. The van der Waals surface area contributed by atoms with Crippen molar-refractivity contribution in [3.8, 4) is 5.75 Å². The minimum atomic E-state index is -0.299. The van der Waals surface area contributed by atoms with E-state index < -0.39 is 0 Å². The van der Waals surface area contributed by atoms with Crippen LogP contribution in [0.1, 0.15) is 29.3 Å². The Labute approximate surface area is 147 Å². The second kappa shape index (κ2) is 9.27. The van der Waals surface area contributed by atoms with E-state index in [9.17, 15) is 9.59 Å². The van der Waals surface area contributed by atoms with E-state index in [1.54, 1.807) is 37.5 Å². The maximum atomic E-state index is 12.2. The summed E-state index contributed by atoms with van der Waals surface area (Å²) in [6, 6.07) is 14.3. The summed E-state index contributed by atoms with van der Waals surface area (Å²) < 4.78 is 5.10. The second-order valence-electron chi connectivity index (χ2n) is 5.40. The number of anilines is 1. The molecule has 2 aromatic rings. The van der Waals surface area contributed by atoms with E-state index in [0.29, 0.717) is 17.8 Å². The van der Waals surface area contributed by atoms with E-state index in [1.807, 2.05) is 31.2 Å². The Kier molecular flexibility index (Phi) is 6.77. The first-order valence-corrected chi connectivity index (χ1v) is 8.14. The molecule has 0 aliphatic rings. The number of carbonyl (C=O) groups is 2. The lowest BCUT2D eigenvalue weighted by Crippen LogP contribution is -2.25. The predicted molar refractivity (Wildman–Crippen MR) is 99.7 cm³/mol. The summed E-state index contributed by atoms with van der Waals surface area (Å²) in [6.07, 6.45) is 3.99. The SMILES string of the molecule is CCCNC(=O)c1ccccc1NC(=O)C=Cc1ccc(OC)cc1. The molecule has 25 heavy (non-hydrogen) atoms. The fourth-order valence-corrected chi connectivity index (χ4v) is 2.19. The molecular formula is C20H22N2O3. The number of hydrogen-bond acceptors (Lipinski definition) is 3. The predicted octanol–water partition coefficient (Wildman–Crippen LogP) is 3.49. The van der Waals surface area contributed by atoms with E-state index in [-0.39, 0.29) is 11.8 Å². The molecule has 0 fully saturated rings. The highest BCUT2D eigenvalue weighted by Crippen LogP contribution is 2.16. The van der Waals surface area contributed by atoms with Crippen molar-refractivity contribution in [2.75, 3.05) is 19.0 Å². The zero-order chi connectivity index (χ0) is 18.1. The summed E-state index contributed by atoms with van der Waals surface area (Å²) in [5.74, 6) is 0.261. The Morgan fingerprint density at radius 2 is 1.80 bits per heavy atom. The van der Waals surface area contributed by atoms with Gasteiger partial charge in [-0.05, 0) is 42.3 Å². The van der Waals surface area contributed by atoms with Crippen LogP contribution in [0.2, 0.25) is 0 Å². The molecule has 2 rings (SSSR count). The molecule has 0 radical (unpaired) electrons. The maximum Gasteiger partial charge on any atom is 0.253 e. The van der Waals surface area contributed by atoms with Crippen molar-refractivity contribution >= 4 is 23.6 Å². The van der Waals surface area contributed by atoms with Gasteiger partial charge in [0.2, 0.25) is 5.91 Å². The quantitative estimate of drug-likeness (QED) is 0.760. The van der Waals surface area contributed by atoms with E-state index in [4.69, 9.17) is 4.74 Å². The maximum absolute atomic E-state index is 12.2. The van der Waals surface area contributed by atoms with Crippen LogP contribution in [0.25, 0.3) is 6.08 Å². The fourth-order valence-electron chi connectivity index (χ4n) is 2.19. The number of nitrogens with one attached hydrogen (secondary N) is 2. The Balaban J connectivity index is 2.04. The van der Waals surface area contributed by atoms with Gasteiger partial charge in [0, 0.05) is 12.6 Å². The van der Waals surface area contributed by atoms with Crippen LogP contribution in [-0.2, 0) is 4.79 Å².